The summed E-state index contributed by atoms with van der Waals surface area (Å²) in [7, 11) is 0. The zero-order valence-corrected chi connectivity index (χ0v) is 13.1. The summed E-state index contributed by atoms with van der Waals surface area (Å²) in [6.45, 7) is 1.68. The lowest BCUT2D eigenvalue weighted by atomic mass is 9.72. The standard InChI is InChI=1S/C17H18N6O/c18-16-22-14-13(15(24)23-16)12(9-21-14)17(19,11-6-7-20-8-11)10-4-2-1-3-5-10/h1-5,9,11,20H,6-8,19H2,(H2,18,23,24). The molecule has 2 unspecified atom stereocenters. The summed E-state index contributed by atoms with van der Waals surface area (Å²) in [5.74, 6) is -0.0489. The lowest BCUT2D eigenvalue weighted by molar-refractivity contribution is -0.114. The average Bonchev–Trinajstić information content (AvgIpc) is 3.25. The van der Waals surface area contributed by atoms with Gasteiger partial charge in [-0.15, -0.1) is 0 Å². The molecule has 0 radical (unpaired) electrons. The van der Waals surface area contributed by atoms with E-state index >= 15 is 0 Å². The molecular formula is C17H18N6O. The Morgan fingerprint density at radius 3 is 2.71 bits per heavy atom. The molecule has 7 nitrogen and oxygen atoms in total. The van der Waals surface area contributed by atoms with Gasteiger partial charge in [0.15, 0.2) is 5.84 Å². The number of amidine groups is 1. The minimum absolute atomic E-state index is 0.0676. The number of rotatable bonds is 3. The van der Waals surface area contributed by atoms with Gasteiger partial charge in [0.25, 0.3) is 5.91 Å². The minimum Gasteiger partial charge on any atom is -0.368 e. The van der Waals surface area contributed by atoms with Gasteiger partial charge in [0.05, 0.1) is 11.1 Å². The second-order valence-electron chi connectivity index (χ2n) is 6.18. The van der Waals surface area contributed by atoms with Crippen molar-refractivity contribution in [1.82, 2.24) is 5.32 Å². The van der Waals surface area contributed by atoms with Gasteiger partial charge in [-0.1, -0.05) is 30.3 Å². The van der Waals surface area contributed by atoms with E-state index in [0.29, 0.717) is 17.0 Å². The van der Waals surface area contributed by atoms with E-state index < -0.39 is 11.4 Å². The van der Waals surface area contributed by atoms with E-state index in [2.05, 4.69) is 20.3 Å². The fraction of sp³-hybridized carbons (Fsp3) is 0.294. The van der Waals surface area contributed by atoms with Gasteiger partial charge in [-0.25, -0.2) is 4.99 Å². The normalized spacial score (nSPS) is 25.4. The lowest BCUT2D eigenvalue weighted by Gasteiger charge is -2.36. The van der Waals surface area contributed by atoms with Gasteiger partial charge in [-0.05, 0) is 24.4 Å². The van der Waals surface area contributed by atoms with Crippen LogP contribution >= 0.6 is 0 Å². The second-order valence-corrected chi connectivity index (χ2v) is 6.18. The molecule has 0 aromatic heterocycles. The number of nitrogens with one attached hydrogen (secondary N) is 1. The quantitative estimate of drug-likeness (QED) is 0.730. The lowest BCUT2D eigenvalue weighted by Crippen LogP contribution is -2.48. The third-order valence-electron chi connectivity index (χ3n) is 4.86. The zero-order valence-electron chi connectivity index (χ0n) is 13.1. The number of carbonyl (C=O) groups is 1. The number of nitrogens with two attached hydrogens (primary N) is 2. The molecule has 24 heavy (non-hydrogen) atoms. The van der Waals surface area contributed by atoms with Crippen LogP contribution in [0.1, 0.15) is 12.0 Å². The first-order chi connectivity index (χ1) is 11.6. The van der Waals surface area contributed by atoms with Gasteiger partial charge in [-0.2, -0.15) is 9.98 Å². The number of nitrogens with zero attached hydrogens (tertiary/aromatic N) is 3. The molecule has 1 amide bonds. The molecule has 2 atom stereocenters. The van der Waals surface area contributed by atoms with Crippen molar-refractivity contribution < 1.29 is 4.79 Å². The molecule has 1 aromatic rings. The molecule has 1 saturated heterocycles. The highest BCUT2D eigenvalue weighted by molar-refractivity contribution is 6.34. The van der Waals surface area contributed by atoms with E-state index in [-0.39, 0.29) is 11.9 Å². The van der Waals surface area contributed by atoms with Crippen LogP contribution in [-0.2, 0) is 10.3 Å². The molecule has 3 heterocycles. The molecule has 3 aliphatic heterocycles. The first kappa shape index (κ1) is 14.9. The molecule has 4 rings (SSSR count). The number of aliphatic imine (C=N–C) groups is 3. The maximum Gasteiger partial charge on any atom is 0.284 e. The van der Waals surface area contributed by atoms with E-state index in [9.17, 15) is 4.79 Å². The Balaban J connectivity index is 1.91. The third kappa shape index (κ3) is 2.13. The van der Waals surface area contributed by atoms with Crippen LogP contribution in [0.25, 0.3) is 0 Å². The van der Waals surface area contributed by atoms with Gasteiger partial charge in [0.2, 0.25) is 5.96 Å². The van der Waals surface area contributed by atoms with E-state index in [0.717, 1.165) is 25.1 Å². The number of fused-ring (bicyclic) bond motifs is 1. The molecule has 0 spiro atoms. The topological polar surface area (TPSA) is 118 Å². The molecule has 0 saturated carbocycles. The number of hydrogen-bond acceptors (Lipinski definition) is 6. The zero-order chi connectivity index (χ0) is 16.7. The van der Waals surface area contributed by atoms with Crippen LogP contribution in [0.3, 0.4) is 0 Å². The fourth-order valence-electron chi connectivity index (χ4n) is 3.65. The third-order valence-corrected chi connectivity index (χ3v) is 4.86. The molecule has 3 aliphatic rings. The van der Waals surface area contributed by atoms with Crippen LogP contribution in [0.4, 0.5) is 0 Å². The monoisotopic (exact) mass is 322 g/mol. The summed E-state index contributed by atoms with van der Waals surface area (Å²) in [6.07, 6.45) is 2.56. The Labute approximate surface area is 139 Å². The Kier molecular flexibility index (Phi) is 3.40. The van der Waals surface area contributed by atoms with Gasteiger partial charge in [0.1, 0.15) is 0 Å². The predicted octanol–water partition coefficient (Wildman–Crippen LogP) is 0.0845. The Hall–Kier alpha value is -2.64. The maximum atomic E-state index is 12.4. The van der Waals surface area contributed by atoms with Crippen molar-refractivity contribution in [3.05, 3.63) is 47.0 Å². The first-order valence-electron chi connectivity index (χ1n) is 7.92. The Bertz CT molecular complexity index is 817. The summed E-state index contributed by atoms with van der Waals surface area (Å²) >= 11 is 0. The SMILES string of the molecule is NC1=NC(=O)C2=C(C(N)(c3ccccc3)C3CCNC3)C=NC2=N1. The summed E-state index contributed by atoms with van der Waals surface area (Å²) < 4.78 is 0. The first-order valence-corrected chi connectivity index (χ1v) is 7.92. The number of carbonyl (C=O) groups excluding carboxylic acids is 1. The number of hydrogen-bond donors (Lipinski definition) is 3. The molecule has 5 N–H and O–H groups in total. The van der Waals surface area contributed by atoms with Crippen molar-refractivity contribution in [2.24, 2.45) is 32.4 Å². The van der Waals surface area contributed by atoms with Gasteiger partial charge < -0.3 is 16.8 Å². The van der Waals surface area contributed by atoms with E-state index in [1.54, 1.807) is 6.21 Å². The van der Waals surface area contributed by atoms with Gasteiger partial charge >= 0.3 is 0 Å². The number of amides is 1. The van der Waals surface area contributed by atoms with Crippen LogP contribution in [-0.4, -0.2) is 37.0 Å². The predicted molar refractivity (Wildman–Crippen MR) is 92.9 cm³/mol. The van der Waals surface area contributed by atoms with Crippen LogP contribution in [0.2, 0.25) is 0 Å². The van der Waals surface area contributed by atoms with Crippen LogP contribution in [0.5, 0.6) is 0 Å². The van der Waals surface area contributed by atoms with Crippen LogP contribution in [0, 0.1) is 5.92 Å². The van der Waals surface area contributed by atoms with E-state index in [1.165, 1.54) is 0 Å². The molecule has 1 aromatic carbocycles. The smallest absolute Gasteiger partial charge is 0.284 e. The summed E-state index contributed by atoms with van der Waals surface area (Å²) in [4.78, 5) is 24.5. The average molecular weight is 322 g/mol. The Morgan fingerprint density at radius 1 is 1.21 bits per heavy atom. The van der Waals surface area contributed by atoms with Crippen molar-refractivity contribution in [2.45, 2.75) is 12.0 Å². The van der Waals surface area contributed by atoms with Crippen LogP contribution < -0.4 is 16.8 Å². The highest BCUT2D eigenvalue weighted by Gasteiger charge is 2.45. The Morgan fingerprint density at radius 2 is 2.00 bits per heavy atom. The highest BCUT2D eigenvalue weighted by atomic mass is 16.1. The second kappa shape index (κ2) is 5.47. The van der Waals surface area contributed by atoms with Crippen molar-refractivity contribution in [3.8, 4) is 0 Å². The summed E-state index contributed by atoms with van der Waals surface area (Å²) in [6, 6.07) is 9.82. The summed E-state index contributed by atoms with van der Waals surface area (Å²) in [5.41, 5.74) is 13.7. The van der Waals surface area contributed by atoms with Crippen molar-refractivity contribution in [1.29, 1.82) is 0 Å². The number of guanidine groups is 1. The summed E-state index contributed by atoms with van der Waals surface area (Å²) in [5, 5.41) is 3.35. The minimum atomic E-state index is -0.835. The molecule has 0 aliphatic carbocycles. The molecular weight excluding hydrogens is 304 g/mol. The fourth-order valence-corrected chi connectivity index (χ4v) is 3.65. The van der Waals surface area contributed by atoms with Crippen molar-refractivity contribution in [3.63, 3.8) is 0 Å². The maximum absolute atomic E-state index is 12.4. The molecule has 7 heteroatoms. The van der Waals surface area contributed by atoms with Crippen molar-refractivity contribution >= 4 is 23.9 Å². The van der Waals surface area contributed by atoms with Crippen molar-refractivity contribution in [2.75, 3.05) is 13.1 Å². The largest absolute Gasteiger partial charge is 0.368 e. The van der Waals surface area contributed by atoms with Gasteiger partial charge in [-0.3, -0.25) is 4.79 Å². The van der Waals surface area contributed by atoms with E-state index in [4.69, 9.17) is 11.5 Å². The van der Waals surface area contributed by atoms with Gasteiger partial charge in [0, 0.05) is 18.3 Å². The number of benzene rings is 1. The highest BCUT2D eigenvalue weighted by Crippen LogP contribution is 2.40. The molecule has 0 bridgehead atoms. The van der Waals surface area contributed by atoms with E-state index in [1.807, 2.05) is 30.3 Å². The molecule has 1 fully saturated rings. The van der Waals surface area contributed by atoms with Crippen LogP contribution in [0.15, 0.2) is 56.5 Å². The molecule has 122 valence electrons.